The van der Waals surface area contributed by atoms with Crippen molar-refractivity contribution >= 4 is 67.3 Å². The number of hydrogen-bond donors (Lipinski definition) is 12. The van der Waals surface area contributed by atoms with E-state index in [1.54, 1.807) is 24.3 Å². The maximum atomic E-state index is 11.3. The second-order valence-corrected chi connectivity index (χ2v) is 13.8. The molecule has 0 aliphatic heterocycles. The van der Waals surface area contributed by atoms with Crippen LogP contribution in [0.25, 0.3) is 0 Å². The van der Waals surface area contributed by atoms with Crippen molar-refractivity contribution in [2.45, 2.75) is 12.1 Å². The van der Waals surface area contributed by atoms with Gasteiger partial charge in [-0.15, -0.1) is 0 Å². The lowest BCUT2D eigenvalue weighted by atomic mass is 10.2. The van der Waals surface area contributed by atoms with E-state index in [1.807, 2.05) is 0 Å². The van der Waals surface area contributed by atoms with Crippen molar-refractivity contribution in [1.29, 1.82) is 0 Å². The van der Waals surface area contributed by atoms with Crippen molar-refractivity contribution in [2.24, 2.45) is 0 Å². The van der Waals surface area contributed by atoms with Gasteiger partial charge in [0.25, 0.3) is 20.2 Å². The number of aromatic nitrogens is 6. The minimum Gasteiger partial charge on any atom is -0.395 e. The van der Waals surface area contributed by atoms with Crippen molar-refractivity contribution in [1.82, 2.24) is 29.9 Å². The standard InChI is InChI=1S/C26H42N12O12S2/c39-8-6-37(7-9-40)25-33-21(27-4-10-51(45,46)47)31-23(35-25)29-17-2-1-3-18(12-17)30-24-32-22(28-5-11-52(48,49)50)34-26(36-24)38(19(13-41)14-42)20(15-43)16-44/h1-3,12,19-20,39-44H,4-11,13-16H2,(H,45,46,47)(H,48,49,50)(H2,27,29,31,33,35)(H2,28,30,32,34,36). The van der Waals surface area contributed by atoms with Gasteiger partial charge < -0.3 is 61.7 Å². The number of rotatable bonds is 24. The van der Waals surface area contributed by atoms with E-state index in [1.165, 1.54) is 9.80 Å². The predicted octanol–water partition coefficient (Wildman–Crippen LogP) is -3.55. The quantitative estimate of drug-likeness (QED) is 0.0392. The summed E-state index contributed by atoms with van der Waals surface area (Å²) in [6, 6.07) is 4.25. The van der Waals surface area contributed by atoms with Crippen molar-refractivity contribution in [3.05, 3.63) is 24.3 Å². The fourth-order valence-corrected chi connectivity index (χ4v) is 5.14. The molecule has 0 fully saturated rings. The highest BCUT2D eigenvalue weighted by atomic mass is 32.2. The number of hydrogen-bond acceptors (Lipinski definition) is 22. The second-order valence-electron chi connectivity index (χ2n) is 10.7. The summed E-state index contributed by atoms with van der Waals surface area (Å²) < 4.78 is 63.2. The molecule has 0 aliphatic rings. The van der Waals surface area contributed by atoms with Crippen LogP contribution in [0.15, 0.2) is 24.3 Å². The van der Waals surface area contributed by atoms with Gasteiger partial charge in [-0.25, -0.2) is 0 Å². The van der Waals surface area contributed by atoms with Crippen LogP contribution in [0.2, 0.25) is 0 Å². The van der Waals surface area contributed by atoms with Crippen LogP contribution in [0.4, 0.5) is 47.1 Å². The Morgan fingerprint density at radius 2 is 1.00 bits per heavy atom. The first kappa shape index (κ1) is 42.0. The van der Waals surface area contributed by atoms with Crippen molar-refractivity contribution < 1.29 is 56.6 Å². The van der Waals surface area contributed by atoms with E-state index in [9.17, 15) is 47.5 Å². The molecule has 52 heavy (non-hydrogen) atoms. The minimum atomic E-state index is -4.36. The second kappa shape index (κ2) is 20.0. The smallest absolute Gasteiger partial charge is 0.266 e. The van der Waals surface area contributed by atoms with Gasteiger partial charge in [-0.2, -0.15) is 46.7 Å². The van der Waals surface area contributed by atoms with Crippen LogP contribution in [0, 0.1) is 0 Å². The third-order valence-electron chi connectivity index (χ3n) is 6.79. The van der Waals surface area contributed by atoms with Crippen molar-refractivity contribution in [2.75, 3.05) is 108 Å². The molecule has 24 nitrogen and oxygen atoms in total. The molecule has 0 radical (unpaired) electrons. The Kier molecular flexibility index (Phi) is 16.2. The summed E-state index contributed by atoms with van der Waals surface area (Å²) in [6.07, 6.45) is 0. The molecular formula is C26H42N12O12S2. The molecular weight excluding hydrogens is 736 g/mol. The lowest BCUT2D eigenvalue weighted by molar-refractivity contribution is 0.142. The fourth-order valence-electron chi connectivity index (χ4n) is 4.42. The third kappa shape index (κ3) is 13.6. The number of anilines is 8. The highest BCUT2D eigenvalue weighted by molar-refractivity contribution is 7.86. The van der Waals surface area contributed by atoms with Crippen molar-refractivity contribution in [3.63, 3.8) is 0 Å². The van der Waals surface area contributed by atoms with E-state index in [0.29, 0.717) is 11.4 Å². The number of nitrogens with zero attached hydrogens (tertiary/aromatic N) is 8. The molecule has 26 heteroatoms. The Morgan fingerprint density at radius 3 is 1.40 bits per heavy atom. The fraction of sp³-hybridized carbons (Fsp3) is 0.538. The van der Waals surface area contributed by atoms with Gasteiger partial charge in [-0.1, -0.05) is 6.07 Å². The van der Waals surface area contributed by atoms with Crippen LogP contribution < -0.4 is 31.1 Å². The topological polar surface area (TPSA) is 362 Å². The summed E-state index contributed by atoms with van der Waals surface area (Å²) in [4.78, 5) is 28.2. The zero-order valence-electron chi connectivity index (χ0n) is 27.6. The van der Waals surface area contributed by atoms with Crippen LogP contribution in [-0.4, -0.2) is 176 Å². The number of benzene rings is 1. The van der Waals surface area contributed by atoms with E-state index in [2.05, 4.69) is 51.2 Å². The van der Waals surface area contributed by atoms with Gasteiger partial charge in [0.05, 0.1) is 63.2 Å². The number of aliphatic hydroxyl groups excluding tert-OH is 6. The van der Waals surface area contributed by atoms with Gasteiger partial charge >= 0.3 is 0 Å². The van der Waals surface area contributed by atoms with E-state index in [0.717, 1.165) is 0 Å². The molecule has 0 amide bonds. The maximum Gasteiger partial charge on any atom is 0.266 e. The Hall–Kier alpha value is -4.38. The molecule has 2 heterocycles. The zero-order valence-corrected chi connectivity index (χ0v) is 29.2. The maximum absolute atomic E-state index is 11.3. The van der Waals surface area contributed by atoms with Crippen LogP contribution in [0.1, 0.15) is 0 Å². The lowest BCUT2D eigenvalue weighted by Gasteiger charge is -2.35. The molecule has 12 N–H and O–H groups in total. The lowest BCUT2D eigenvalue weighted by Crippen LogP contribution is -2.51. The van der Waals surface area contributed by atoms with Gasteiger partial charge in [0.2, 0.25) is 35.7 Å². The molecule has 0 atom stereocenters. The molecule has 0 spiro atoms. The number of nitrogens with one attached hydrogen (secondary N) is 4. The summed E-state index contributed by atoms with van der Waals surface area (Å²) in [6.45, 7) is -3.63. The first-order valence-corrected chi connectivity index (χ1v) is 18.7. The summed E-state index contributed by atoms with van der Waals surface area (Å²) in [7, 11) is -8.65. The highest BCUT2D eigenvalue weighted by Gasteiger charge is 2.29. The summed E-state index contributed by atoms with van der Waals surface area (Å²) >= 11 is 0. The van der Waals surface area contributed by atoms with Crippen LogP contribution in [-0.2, 0) is 20.2 Å². The normalized spacial score (nSPS) is 11.9. The van der Waals surface area contributed by atoms with Crippen LogP contribution in [0.5, 0.6) is 0 Å². The average molecular weight is 779 g/mol. The Bertz CT molecular complexity index is 1770. The molecule has 3 aromatic rings. The molecule has 0 unspecified atom stereocenters. The van der Waals surface area contributed by atoms with Crippen LogP contribution >= 0.6 is 0 Å². The molecule has 1 aromatic carbocycles. The first-order valence-electron chi connectivity index (χ1n) is 15.4. The Labute approximate surface area is 298 Å². The average Bonchev–Trinajstić information content (AvgIpc) is 3.07. The Morgan fingerprint density at radius 1 is 0.596 bits per heavy atom. The molecule has 0 bridgehead atoms. The third-order valence-corrected chi connectivity index (χ3v) is 8.23. The number of aliphatic hydroxyl groups is 6. The van der Waals surface area contributed by atoms with Gasteiger partial charge in [-0.3, -0.25) is 9.11 Å². The van der Waals surface area contributed by atoms with Gasteiger partial charge in [0, 0.05) is 37.6 Å². The highest BCUT2D eigenvalue weighted by Crippen LogP contribution is 2.25. The largest absolute Gasteiger partial charge is 0.395 e. The van der Waals surface area contributed by atoms with E-state index in [4.69, 9.17) is 9.11 Å². The van der Waals surface area contributed by atoms with Gasteiger partial charge in [0.1, 0.15) is 0 Å². The molecule has 0 saturated heterocycles. The van der Waals surface area contributed by atoms with Gasteiger partial charge in [-0.05, 0) is 18.2 Å². The predicted molar refractivity (Wildman–Crippen MR) is 187 cm³/mol. The van der Waals surface area contributed by atoms with E-state index < -0.39 is 70.3 Å². The monoisotopic (exact) mass is 778 g/mol. The van der Waals surface area contributed by atoms with Gasteiger partial charge in [0.15, 0.2) is 0 Å². The van der Waals surface area contributed by atoms with Crippen molar-refractivity contribution in [3.8, 4) is 0 Å². The summed E-state index contributed by atoms with van der Waals surface area (Å²) in [5.41, 5.74) is 0.729. The van der Waals surface area contributed by atoms with E-state index >= 15 is 0 Å². The van der Waals surface area contributed by atoms with Crippen LogP contribution in [0.3, 0.4) is 0 Å². The molecule has 290 valence electrons. The molecule has 2 aromatic heterocycles. The zero-order chi connectivity index (χ0) is 38.3. The molecule has 0 aliphatic carbocycles. The summed E-state index contributed by atoms with van der Waals surface area (Å²) in [5.74, 6) is -2.04. The minimum absolute atomic E-state index is 0.0219. The SMILES string of the molecule is O=S(=O)(O)CCNc1nc(Nc2cccc(Nc3nc(NCCS(=O)(=O)O)nc(N(C(CO)CO)C(CO)CO)n3)c2)nc(N(CCO)CCO)n1. The molecule has 3 rings (SSSR count). The Balaban J connectivity index is 1.99. The first-order chi connectivity index (χ1) is 24.7. The van der Waals surface area contributed by atoms with E-state index in [-0.39, 0.29) is 75.1 Å². The molecule has 0 saturated carbocycles. The summed E-state index contributed by atoms with van der Waals surface area (Å²) in [5, 5.41) is 69.8.